The van der Waals surface area contributed by atoms with Crippen molar-refractivity contribution in [1.82, 2.24) is 19.7 Å². The molecule has 1 fully saturated rings. The second-order valence-corrected chi connectivity index (χ2v) is 9.02. The Balaban J connectivity index is 1.65. The first-order valence-corrected chi connectivity index (χ1v) is 11.1. The van der Waals surface area contributed by atoms with Crippen LogP contribution in [0.2, 0.25) is 0 Å². The Labute approximate surface area is 182 Å². The van der Waals surface area contributed by atoms with E-state index < -0.39 is 12.0 Å². The number of benzene rings is 1. The number of hydrogen-bond donors (Lipinski definition) is 3. The van der Waals surface area contributed by atoms with Crippen LogP contribution in [-0.2, 0) is 4.79 Å². The van der Waals surface area contributed by atoms with Crippen LogP contribution in [0.5, 0.6) is 0 Å². The molecule has 156 valence electrons. The van der Waals surface area contributed by atoms with Crippen LogP contribution in [0.3, 0.4) is 0 Å². The Morgan fingerprint density at radius 2 is 2.13 bits per heavy atom. The first kappa shape index (κ1) is 19.4. The summed E-state index contributed by atoms with van der Waals surface area (Å²) in [5.41, 5.74) is 2.87. The van der Waals surface area contributed by atoms with Crippen molar-refractivity contribution >= 4 is 44.5 Å². The third kappa shape index (κ3) is 3.45. The number of carbonyl (C=O) groups excluding carboxylic acids is 1. The highest BCUT2D eigenvalue weighted by molar-refractivity contribution is 9.10. The fourth-order valence-electron chi connectivity index (χ4n) is 4.34. The molecule has 3 aromatic rings. The van der Waals surface area contributed by atoms with Gasteiger partial charge in [-0.15, -0.1) is 0 Å². The lowest BCUT2D eigenvalue weighted by Crippen LogP contribution is -2.19. The Bertz CT molecular complexity index is 1120. The van der Waals surface area contributed by atoms with Gasteiger partial charge >= 0.3 is 0 Å². The molecule has 5 rings (SSSR count). The number of rotatable bonds is 5. The number of anilines is 2. The minimum Gasteiger partial charge on any atom is -0.392 e. The van der Waals surface area contributed by atoms with Crippen molar-refractivity contribution in [2.75, 3.05) is 17.2 Å². The molecule has 2 atom stereocenters. The van der Waals surface area contributed by atoms with Crippen LogP contribution < -0.4 is 10.6 Å². The van der Waals surface area contributed by atoms with Crippen LogP contribution >= 0.6 is 15.9 Å². The molecule has 1 aliphatic carbocycles. The molecule has 0 saturated heterocycles. The van der Waals surface area contributed by atoms with Gasteiger partial charge in [0.05, 0.1) is 23.2 Å². The molecule has 1 unspecified atom stereocenters. The number of amides is 1. The van der Waals surface area contributed by atoms with E-state index in [-0.39, 0.29) is 5.91 Å². The smallest absolute Gasteiger partial charge is 0.238 e. The summed E-state index contributed by atoms with van der Waals surface area (Å²) in [5, 5.41) is 21.2. The summed E-state index contributed by atoms with van der Waals surface area (Å²) in [6.07, 6.45) is 6.05. The van der Waals surface area contributed by atoms with Crippen molar-refractivity contribution in [3.05, 3.63) is 40.1 Å². The van der Waals surface area contributed by atoms with Gasteiger partial charge in [0.15, 0.2) is 5.65 Å². The fraction of sp³-hybridized carbons (Fsp3) is 0.429. The standard InChI is InChI=1S/C21H23BrN6O2/c1-11(29)9-23-21-25-18(17-14-8-12(22)6-7-16(14)24-20(17)30)15-10-28(27-19(15)26-21)13-4-2-3-5-13/h6-8,10-11,13,17,29H,2-5,9H2,1H3,(H,24,30)(H,23,26,27)/t11-,17?/m0/s1. The number of nitrogens with zero attached hydrogens (tertiary/aromatic N) is 4. The van der Waals surface area contributed by atoms with Crippen LogP contribution in [0.15, 0.2) is 28.9 Å². The van der Waals surface area contributed by atoms with Gasteiger partial charge in [0.1, 0.15) is 5.92 Å². The lowest BCUT2D eigenvalue weighted by Gasteiger charge is -2.13. The number of aromatic nitrogens is 4. The highest BCUT2D eigenvalue weighted by atomic mass is 79.9. The number of nitrogens with one attached hydrogen (secondary N) is 2. The first-order chi connectivity index (χ1) is 14.5. The van der Waals surface area contributed by atoms with Crippen molar-refractivity contribution in [2.24, 2.45) is 0 Å². The van der Waals surface area contributed by atoms with E-state index in [1.165, 1.54) is 12.8 Å². The SMILES string of the molecule is C[C@H](O)CNc1nc(C2C(=O)Nc3ccc(Br)cc32)c2cn(C3CCCC3)nc2n1. The highest BCUT2D eigenvalue weighted by Gasteiger charge is 2.36. The highest BCUT2D eigenvalue weighted by Crippen LogP contribution is 2.41. The number of aliphatic hydroxyl groups excluding tert-OH is 1. The average molecular weight is 471 g/mol. The largest absolute Gasteiger partial charge is 0.392 e. The minimum atomic E-state index is -0.546. The predicted octanol–water partition coefficient (Wildman–Crippen LogP) is 3.58. The monoisotopic (exact) mass is 470 g/mol. The second kappa shape index (κ2) is 7.63. The molecule has 1 aromatic carbocycles. The summed E-state index contributed by atoms with van der Waals surface area (Å²) in [4.78, 5) is 22.2. The van der Waals surface area contributed by atoms with Gasteiger partial charge in [-0.1, -0.05) is 28.8 Å². The maximum absolute atomic E-state index is 13.0. The van der Waals surface area contributed by atoms with Crippen molar-refractivity contribution in [3.63, 3.8) is 0 Å². The van der Waals surface area contributed by atoms with Crippen LogP contribution in [0.25, 0.3) is 11.0 Å². The second-order valence-electron chi connectivity index (χ2n) is 8.10. The van der Waals surface area contributed by atoms with Crippen molar-refractivity contribution in [1.29, 1.82) is 0 Å². The van der Waals surface area contributed by atoms with Crippen molar-refractivity contribution < 1.29 is 9.90 Å². The van der Waals surface area contributed by atoms with Gasteiger partial charge in [-0.05, 0) is 43.5 Å². The predicted molar refractivity (Wildman–Crippen MR) is 118 cm³/mol. The summed E-state index contributed by atoms with van der Waals surface area (Å²) in [5.74, 6) is -0.291. The number of carbonyl (C=O) groups is 1. The number of hydrogen-bond acceptors (Lipinski definition) is 6. The van der Waals surface area contributed by atoms with E-state index in [1.54, 1.807) is 6.92 Å². The molecular formula is C21H23BrN6O2. The van der Waals surface area contributed by atoms with Gasteiger partial charge in [0.2, 0.25) is 11.9 Å². The molecule has 9 heteroatoms. The molecule has 0 spiro atoms. The summed E-state index contributed by atoms with van der Waals surface area (Å²) in [6.45, 7) is 2.01. The van der Waals surface area contributed by atoms with Crippen LogP contribution in [0.1, 0.15) is 55.8 Å². The Kier molecular flexibility index (Phi) is 4.94. The minimum absolute atomic E-state index is 0.113. The fourth-order valence-corrected chi connectivity index (χ4v) is 4.72. The molecule has 2 aliphatic rings. The van der Waals surface area contributed by atoms with E-state index in [2.05, 4.69) is 31.5 Å². The quantitative estimate of drug-likeness (QED) is 0.526. The van der Waals surface area contributed by atoms with Gasteiger partial charge in [0.25, 0.3) is 0 Å². The van der Waals surface area contributed by atoms with Gasteiger partial charge in [0, 0.05) is 22.9 Å². The summed E-state index contributed by atoms with van der Waals surface area (Å²) >= 11 is 3.51. The summed E-state index contributed by atoms with van der Waals surface area (Å²) < 4.78 is 2.89. The molecule has 1 aliphatic heterocycles. The van der Waals surface area contributed by atoms with Crippen LogP contribution in [0, 0.1) is 0 Å². The average Bonchev–Trinajstić information content (AvgIpc) is 3.43. The Hall–Kier alpha value is -2.52. The van der Waals surface area contributed by atoms with E-state index in [1.807, 2.05) is 29.1 Å². The third-order valence-electron chi connectivity index (χ3n) is 5.80. The topological polar surface area (TPSA) is 105 Å². The van der Waals surface area contributed by atoms with Gasteiger partial charge < -0.3 is 15.7 Å². The molecule has 2 aromatic heterocycles. The zero-order valence-corrected chi connectivity index (χ0v) is 18.2. The van der Waals surface area contributed by atoms with Crippen molar-refractivity contribution in [2.45, 2.75) is 50.7 Å². The molecular weight excluding hydrogens is 448 g/mol. The molecule has 3 heterocycles. The molecule has 1 saturated carbocycles. The molecule has 0 radical (unpaired) electrons. The molecule has 0 bridgehead atoms. The molecule has 1 amide bonds. The van der Waals surface area contributed by atoms with E-state index >= 15 is 0 Å². The van der Waals surface area contributed by atoms with Crippen LogP contribution in [-0.4, -0.2) is 43.4 Å². The zero-order valence-electron chi connectivity index (χ0n) is 16.6. The number of aliphatic hydroxyl groups is 1. The maximum atomic E-state index is 13.0. The number of halogens is 1. The zero-order chi connectivity index (χ0) is 20.8. The third-order valence-corrected chi connectivity index (χ3v) is 6.29. The van der Waals surface area contributed by atoms with E-state index in [0.717, 1.165) is 34.0 Å². The summed E-state index contributed by atoms with van der Waals surface area (Å²) in [7, 11) is 0. The Morgan fingerprint density at radius 3 is 2.90 bits per heavy atom. The first-order valence-electron chi connectivity index (χ1n) is 10.3. The lowest BCUT2D eigenvalue weighted by molar-refractivity contribution is -0.116. The molecule has 3 N–H and O–H groups in total. The van der Waals surface area contributed by atoms with E-state index in [9.17, 15) is 9.90 Å². The maximum Gasteiger partial charge on any atom is 0.238 e. The van der Waals surface area contributed by atoms with Gasteiger partial charge in [-0.25, -0.2) is 4.98 Å². The van der Waals surface area contributed by atoms with Crippen LogP contribution in [0.4, 0.5) is 11.6 Å². The molecule has 8 nitrogen and oxygen atoms in total. The normalized spacial score (nSPS) is 19.8. The Morgan fingerprint density at radius 1 is 1.33 bits per heavy atom. The van der Waals surface area contributed by atoms with E-state index in [4.69, 9.17) is 10.1 Å². The van der Waals surface area contributed by atoms with E-state index in [0.29, 0.717) is 29.9 Å². The van der Waals surface area contributed by atoms with Gasteiger partial charge in [-0.2, -0.15) is 10.1 Å². The lowest BCUT2D eigenvalue weighted by atomic mass is 9.95. The molecule has 30 heavy (non-hydrogen) atoms. The van der Waals surface area contributed by atoms with Crippen molar-refractivity contribution in [3.8, 4) is 0 Å². The van der Waals surface area contributed by atoms with Gasteiger partial charge in [-0.3, -0.25) is 9.48 Å². The summed E-state index contributed by atoms with van der Waals surface area (Å²) in [6, 6.07) is 6.12. The number of fused-ring (bicyclic) bond motifs is 2.